The number of hydrogen-bond acceptors (Lipinski definition) is 6. The van der Waals surface area contributed by atoms with Crippen molar-refractivity contribution in [2.24, 2.45) is 0 Å². The number of rotatable bonds is 7. The van der Waals surface area contributed by atoms with E-state index in [1.165, 1.54) is 12.8 Å². The van der Waals surface area contributed by atoms with Gasteiger partial charge in [0, 0.05) is 25.0 Å². The molecule has 122 valence electrons. The largest absolute Gasteiger partial charge is 0.380 e. The molecule has 0 radical (unpaired) electrons. The first kappa shape index (κ1) is 16.0. The normalized spacial score (nSPS) is 17.5. The van der Waals surface area contributed by atoms with Gasteiger partial charge in [-0.05, 0) is 56.8 Å². The summed E-state index contributed by atoms with van der Waals surface area (Å²) in [5.41, 5.74) is 2.82. The molecule has 0 aliphatic carbocycles. The van der Waals surface area contributed by atoms with Gasteiger partial charge in [0.15, 0.2) is 5.82 Å². The van der Waals surface area contributed by atoms with Crippen molar-refractivity contribution in [3.05, 3.63) is 35.8 Å². The van der Waals surface area contributed by atoms with Crippen LogP contribution in [0.5, 0.6) is 0 Å². The average Bonchev–Trinajstić information content (AvgIpc) is 3.09. The summed E-state index contributed by atoms with van der Waals surface area (Å²) in [6.07, 6.45) is 7.79. The Bertz CT molecular complexity index is 614. The summed E-state index contributed by atoms with van der Waals surface area (Å²) in [6, 6.07) is 4.40. The zero-order chi connectivity index (χ0) is 15.9. The molecule has 1 N–H and O–H groups in total. The first-order chi connectivity index (χ1) is 11.3. The van der Waals surface area contributed by atoms with E-state index in [4.69, 9.17) is 4.74 Å². The summed E-state index contributed by atoms with van der Waals surface area (Å²) >= 11 is 0. The van der Waals surface area contributed by atoms with Gasteiger partial charge in [0.25, 0.3) is 0 Å². The van der Waals surface area contributed by atoms with Crippen molar-refractivity contribution in [2.45, 2.75) is 38.6 Å². The van der Waals surface area contributed by atoms with Gasteiger partial charge in [-0.15, -0.1) is 5.10 Å². The van der Waals surface area contributed by atoms with Crippen LogP contribution in [-0.4, -0.2) is 46.0 Å². The monoisotopic (exact) mass is 313 g/mol. The summed E-state index contributed by atoms with van der Waals surface area (Å²) < 4.78 is 5.79. The van der Waals surface area contributed by atoms with E-state index in [-0.39, 0.29) is 0 Å². The topological polar surface area (TPSA) is 72.8 Å². The van der Waals surface area contributed by atoms with E-state index < -0.39 is 0 Å². The summed E-state index contributed by atoms with van der Waals surface area (Å²) in [5, 5.41) is 11.9. The third-order valence-electron chi connectivity index (χ3n) is 3.99. The number of aryl methyl sites for hydroxylation is 2. The second kappa shape index (κ2) is 8.08. The maximum atomic E-state index is 5.79. The van der Waals surface area contributed by atoms with E-state index in [0.717, 1.165) is 49.6 Å². The second-order valence-corrected chi connectivity index (χ2v) is 5.90. The first-order valence-corrected chi connectivity index (χ1v) is 8.24. The van der Waals surface area contributed by atoms with Gasteiger partial charge < -0.3 is 10.1 Å². The first-order valence-electron chi connectivity index (χ1n) is 8.24. The predicted molar refractivity (Wildman–Crippen MR) is 88.0 cm³/mol. The molecule has 0 aromatic carbocycles. The number of nitrogens with zero attached hydrogens (tertiary/aromatic N) is 4. The third kappa shape index (κ3) is 4.53. The molecule has 2 aromatic heterocycles. The molecule has 1 unspecified atom stereocenters. The lowest BCUT2D eigenvalue weighted by Gasteiger charge is -2.11. The van der Waals surface area contributed by atoms with E-state index >= 15 is 0 Å². The number of aromatic nitrogens is 4. The van der Waals surface area contributed by atoms with E-state index in [9.17, 15) is 0 Å². The number of nitrogens with one attached hydrogen (secondary N) is 1. The molecule has 1 fully saturated rings. The Morgan fingerprint density at radius 2 is 2.13 bits per heavy atom. The SMILES string of the molecule is Cc1cc(CCCOCC2CCCN2)c(-c2ncccn2)nn1. The second-order valence-electron chi connectivity index (χ2n) is 5.90. The Morgan fingerprint density at radius 1 is 1.26 bits per heavy atom. The molecule has 1 atom stereocenters. The van der Waals surface area contributed by atoms with Crippen molar-refractivity contribution in [3.8, 4) is 11.5 Å². The minimum Gasteiger partial charge on any atom is -0.380 e. The van der Waals surface area contributed by atoms with Gasteiger partial charge in [0.1, 0.15) is 5.69 Å². The molecular formula is C17H23N5O. The Morgan fingerprint density at radius 3 is 2.91 bits per heavy atom. The van der Waals surface area contributed by atoms with Crippen LogP contribution in [0.25, 0.3) is 11.5 Å². The van der Waals surface area contributed by atoms with Gasteiger partial charge in [0.05, 0.1) is 12.3 Å². The Labute approximate surface area is 136 Å². The van der Waals surface area contributed by atoms with E-state index in [0.29, 0.717) is 11.9 Å². The van der Waals surface area contributed by atoms with Crippen molar-refractivity contribution in [1.82, 2.24) is 25.5 Å². The minimum absolute atomic E-state index is 0.535. The van der Waals surface area contributed by atoms with Gasteiger partial charge in [-0.25, -0.2) is 9.97 Å². The van der Waals surface area contributed by atoms with Crippen LogP contribution in [0.2, 0.25) is 0 Å². The van der Waals surface area contributed by atoms with E-state index in [2.05, 4.69) is 31.5 Å². The molecule has 1 aliphatic heterocycles. The number of ether oxygens (including phenoxy) is 1. The molecule has 0 spiro atoms. The average molecular weight is 313 g/mol. The molecule has 1 aliphatic rings. The van der Waals surface area contributed by atoms with E-state index in [1.54, 1.807) is 18.5 Å². The van der Waals surface area contributed by atoms with Crippen LogP contribution in [0.1, 0.15) is 30.5 Å². The fraction of sp³-hybridized carbons (Fsp3) is 0.529. The van der Waals surface area contributed by atoms with Gasteiger partial charge in [-0.3, -0.25) is 0 Å². The van der Waals surface area contributed by atoms with Gasteiger partial charge in [-0.1, -0.05) is 0 Å². The van der Waals surface area contributed by atoms with Crippen LogP contribution in [0.3, 0.4) is 0 Å². The standard InChI is InChI=1S/C17H23N5O/c1-13-11-14(5-3-10-23-12-15-6-2-7-18-15)16(22-21-13)17-19-8-4-9-20-17/h4,8-9,11,15,18H,2-3,5-7,10,12H2,1H3. The molecular weight excluding hydrogens is 290 g/mol. The van der Waals surface area contributed by atoms with Crippen LogP contribution in [-0.2, 0) is 11.2 Å². The van der Waals surface area contributed by atoms with Crippen molar-refractivity contribution in [1.29, 1.82) is 0 Å². The predicted octanol–water partition coefficient (Wildman–Crippen LogP) is 1.94. The minimum atomic E-state index is 0.535. The van der Waals surface area contributed by atoms with Crippen molar-refractivity contribution in [3.63, 3.8) is 0 Å². The van der Waals surface area contributed by atoms with Crippen LogP contribution in [0, 0.1) is 6.92 Å². The fourth-order valence-corrected chi connectivity index (χ4v) is 2.83. The lowest BCUT2D eigenvalue weighted by atomic mass is 10.1. The van der Waals surface area contributed by atoms with E-state index in [1.807, 2.05) is 6.92 Å². The Balaban J connectivity index is 1.55. The summed E-state index contributed by atoms with van der Waals surface area (Å²) in [7, 11) is 0. The fourth-order valence-electron chi connectivity index (χ4n) is 2.83. The van der Waals surface area contributed by atoms with Crippen LogP contribution in [0.4, 0.5) is 0 Å². The molecule has 3 rings (SSSR count). The smallest absolute Gasteiger partial charge is 0.180 e. The van der Waals surface area contributed by atoms with Crippen LogP contribution >= 0.6 is 0 Å². The highest BCUT2D eigenvalue weighted by atomic mass is 16.5. The number of hydrogen-bond donors (Lipinski definition) is 1. The molecule has 3 heterocycles. The highest BCUT2D eigenvalue weighted by Crippen LogP contribution is 2.18. The molecule has 6 nitrogen and oxygen atoms in total. The Kier molecular flexibility index (Phi) is 5.60. The lowest BCUT2D eigenvalue weighted by molar-refractivity contribution is 0.114. The molecule has 23 heavy (non-hydrogen) atoms. The van der Waals surface area contributed by atoms with Gasteiger partial charge in [-0.2, -0.15) is 5.10 Å². The maximum absolute atomic E-state index is 5.79. The van der Waals surface area contributed by atoms with Crippen LogP contribution in [0.15, 0.2) is 24.5 Å². The molecule has 1 saturated heterocycles. The highest BCUT2D eigenvalue weighted by molar-refractivity contribution is 5.53. The highest BCUT2D eigenvalue weighted by Gasteiger charge is 2.14. The van der Waals surface area contributed by atoms with Crippen LogP contribution < -0.4 is 5.32 Å². The third-order valence-corrected chi connectivity index (χ3v) is 3.99. The van der Waals surface area contributed by atoms with Crippen molar-refractivity contribution in [2.75, 3.05) is 19.8 Å². The van der Waals surface area contributed by atoms with Crippen molar-refractivity contribution >= 4 is 0 Å². The van der Waals surface area contributed by atoms with Gasteiger partial charge >= 0.3 is 0 Å². The molecule has 0 saturated carbocycles. The summed E-state index contributed by atoms with van der Waals surface area (Å²) in [5.74, 6) is 0.631. The maximum Gasteiger partial charge on any atom is 0.180 e. The summed E-state index contributed by atoms with van der Waals surface area (Å²) in [6.45, 7) is 4.64. The molecule has 0 bridgehead atoms. The van der Waals surface area contributed by atoms with Gasteiger partial charge in [0.2, 0.25) is 0 Å². The zero-order valence-electron chi connectivity index (χ0n) is 13.5. The molecule has 0 amide bonds. The summed E-state index contributed by atoms with van der Waals surface area (Å²) in [4.78, 5) is 8.57. The Hall–Kier alpha value is -1.92. The van der Waals surface area contributed by atoms with Crippen molar-refractivity contribution < 1.29 is 4.74 Å². The quantitative estimate of drug-likeness (QED) is 0.788. The molecule has 6 heteroatoms. The lowest BCUT2D eigenvalue weighted by Crippen LogP contribution is -2.26. The zero-order valence-corrected chi connectivity index (χ0v) is 13.5. The molecule has 2 aromatic rings.